The number of aromatic nitrogens is 1. The monoisotopic (exact) mass is 332 g/mol. The van der Waals surface area contributed by atoms with E-state index < -0.39 is 5.41 Å². The fourth-order valence-corrected chi connectivity index (χ4v) is 6.03. The zero-order valence-electron chi connectivity index (χ0n) is 14.1. The van der Waals surface area contributed by atoms with Crippen LogP contribution in [0.4, 0.5) is 5.13 Å². The van der Waals surface area contributed by atoms with E-state index in [0.717, 1.165) is 36.5 Å². The lowest BCUT2D eigenvalue weighted by molar-refractivity contribution is -0.131. The Morgan fingerprint density at radius 2 is 1.91 bits per heavy atom. The summed E-state index contributed by atoms with van der Waals surface area (Å²) >= 11 is 1.62. The molecule has 2 atom stereocenters. The molecule has 4 nitrogen and oxygen atoms in total. The normalized spacial score (nSPS) is 34.5. The van der Waals surface area contributed by atoms with E-state index in [0.29, 0.717) is 6.42 Å². The van der Waals surface area contributed by atoms with Crippen LogP contribution in [0.15, 0.2) is 0 Å². The molecule has 3 aliphatic rings. The van der Waals surface area contributed by atoms with Gasteiger partial charge in [-0.15, -0.1) is 11.3 Å². The number of hydrogen-bond acceptors (Lipinski definition) is 4. The zero-order valence-corrected chi connectivity index (χ0v) is 14.9. The van der Waals surface area contributed by atoms with Crippen LogP contribution in [0.5, 0.6) is 0 Å². The van der Waals surface area contributed by atoms with Crippen molar-refractivity contribution in [2.45, 2.75) is 65.7 Å². The van der Waals surface area contributed by atoms with Crippen LogP contribution in [0.3, 0.4) is 0 Å². The van der Waals surface area contributed by atoms with Gasteiger partial charge in [-0.05, 0) is 43.9 Å². The van der Waals surface area contributed by atoms with Crippen LogP contribution in [-0.4, -0.2) is 16.7 Å². The zero-order chi connectivity index (χ0) is 16.5. The summed E-state index contributed by atoms with van der Waals surface area (Å²) in [5.41, 5.74) is -0.0535. The molecule has 1 N–H and O–H groups in total. The first-order chi connectivity index (χ1) is 10.8. The maximum absolute atomic E-state index is 13.1. The molecule has 2 saturated carbocycles. The van der Waals surface area contributed by atoms with E-state index in [1.807, 2.05) is 6.92 Å². The van der Waals surface area contributed by atoms with Crippen molar-refractivity contribution in [1.29, 1.82) is 0 Å². The average molecular weight is 332 g/mol. The molecule has 1 heterocycles. The van der Waals surface area contributed by atoms with E-state index >= 15 is 0 Å². The predicted octanol–water partition coefficient (Wildman–Crippen LogP) is 3.75. The second-order valence-electron chi connectivity index (χ2n) is 8.19. The number of thiazole rings is 1. The molecule has 1 amide bonds. The maximum atomic E-state index is 13.1. The van der Waals surface area contributed by atoms with Crippen LogP contribution in [-0.2, 0) is 22.4 Å². The van der Waals surface area contributed by atoms with Gasteiger partial charge in [0.2, 0.25) is 5.91 Å². The van der Waals surface area contributed by atoms with E-state index in [2.05, 4.69) is 24.1 Å². The molecule has 5 heteroatoms. The number of Topliss-reactive ketones (excluding diaryl/α,β-unsaturated/α-hetero) is 1. The molecule has 1 aromatic rings. The summed E-state index contributed by atoms with van der Waals surface area (Å²) in [5.74, 6) is 0.255. The highest BCUT2D eigenvalue weighted by atomic mass is 32.1. The molecular formula is C18H24N2O2S. The number of ketones is 1. The molecule has 23 heavy (non-hydrogen) atoms. The number of nitrogens with one attached hydrogen (secondary N) is 1. The molecule has 1 aromatic heterocycles. The van der Waals surface area contributed by atoms with Gasteiger partial charge in [-0.3, -0.25) is 9.59 Å². The summed E-state index contributed by atoms with van der Waals surface area (Å²) < 4.78 is 0. The molecule has 0 saturated heterocycles. The van der Waals surface area contributed by atoms with Crippen molar-refractivity contribution in [2.75, 3.05) is 5.32 Å². The van der Waals surface area contributed by atoms with Crippen LogP contribution in [0.2, 0.25) is 0 Å². The van der Waals surface area contributed by atoms with Crippen molar-refractivity contribution < 1.29 is 9.59 Å². The van der Waals surface area contributed by atoms with Crippen LogP contribution in [0, 0.1) is 16.2 Å². The Morgan fingerprint density at radius 1 is 1.17 bits per heavy atom. The molecule has 2 bridgehead atoms. The predicted molar refractivity (Wildman–Crippen MR) is 90.6 cm³/mol. The van der Waals surface area contributed by atoms with Gasteiger partial charge >= 0.3 is 0 Å². The third-order valence-corrected chi connectivity index (χ3v) is 8.28. The molecule has 0 unspecified atom stereocenters. The number of hydrogen-bond donors (Lipinski definition) is 1. The minimum atomic E-state index is -0.564. The second-order valence-corrected chi connectivity index (χ2v) is 9.27. The number of nitrogens with zero attached hydrogens (tertiary/aromatic N) is 1. The lowest BCUT2D eigenvalue weighted by atomic mass is 9.64. The largest absolute Gasteiger partial charge is 0.301 e. The summed E-state index contributed by atoms with van der Waals surface area (Å²) in [5, 5.41) is 3.79. The van der Waals surface area contributed by atoms with Gasteiger partial charge in [0.25, 0.3) is 0 Å². The van der Waals surface area contributed by atoms with Gasteiger partial charge in [0.15, 0.2) is 5.13 Å². The smallest absolute Gasteiger partial charge is 0.233 e. The summed E-state index contributed by atoms with van der Waals surface area (Å²) in [6.07, 6.45) is 6.51. The fraction of sp³-hybridized carbons (Fsp3) is 0.722. The molecule has 0 radical (unpaired) electrons. The minimum Gasteiger partial charge on any atom is -0.301 e. The number of fused-ring (bicyclic) bond motifs is 3. The van der Waals surface area contributed by atoms with Crippen molar-refractivity contribution >= 4 is 28.2 Å². The van der Waals surface area contributed by atoms with E-state index in [-0.39, 0.29) is 22.5 Å². The third kappa shape index (κ3) is 1.80. The highest BCUT2D eigenvalue weighted by Crippen LogP contribution is 2.70. The van der Waals surface area contributed by atoms with Crippen LogP contribution >= 0.6 is 11.3 Å². The van der Waals surface area contributed by atoms with Crippen LogP contribution in [0.1, 0.15) is 63.4 Å². The highest BCUT2D eigenvalue weighted by molar-refractivity contribution is 7.15. The van der Waals surface area contributed by atoms with Crippen molar-refractivity contribution in [1.82, 2.24) is 4.98 Å². The molecule has 0 aliphatic heterocycles. The van der Waals surface area contributed by atoms with Gasteiger partial charge in [0.05, 0.1) is 11.1 Å². The highest BCUT2D eigenvalue weighted by Gasteiger charge is 2.72. The molecule has 0 spiro atoms. The number of anilines is 1. The SMILES string of the molecule is CC1(C)[C@@]2(C(=O)Nc3nc4c(s3)CCCC4)CC[C@@]1(C)C(=O)C2. The van der Waals surface area contributed by atoms with Crippen molar-refractivity contribution in [3.8, 4) is 0 Å². The molecular weight excluding hydrogens is 308 g/mol. The van der Waals surface area contributed by atoms with E-state index in [4.69, 9.17) is 0 Å². The summed E-state index contributed by atoms with van der Waals surface area (Å²) in [6, 6.07) is 0. The summed E-state index contributed by atoms with van der Waals surface area (Å²) in [7, 11) is 0. The standard InChI is InChI=1S/C18H24N2O2S/c1-16(2)17(3)8-9-18(16,10-13(17)21)14(22)20-15-19-11-6-4-5-7-12(11)23-15/h4-10H2,1-3H3,(H,19,20,22)/t17-,18-/m0/s1. The molecule has 2 fully saturated rings. The lowest BCUT2D eigenvalue weighted by Crippen LogP contribution is -2.43. The van der Waals surface area contributed by atoms with Gasteiger partial charge in [-0.1, -0.05) is 20.8 Å². The Kier molecular flexibility index (Phi) is 3.10. The van der Waals surface area contributed by atoms with E-state index in [1.165, 1.54) is 17.7 Å². The number of amides is 1. The van der Waals surface area contributed by atoms with Gasteiger partial charge in [-0.25, -0.2) is 4.98 Å². The Hall–Kier alpha value is -1.23. The summed E-state index contributed by atoms with van der Waals surface area (Å²) in [4.78, 5) is 31.6. The fourth-order valence-electron chi connectivity index (χ4n) is 4.98. The first kappa shape index (κ1) is 15.3. The Bertz CT molecular complexity index is 684. The Balaban J connectivity index is 1.62. The first-order valence-electron chi connectivity index (χ1n) is 8.64. The van der Waals surface area contributed by atoms with E-state index in [1.54, 1.807) is 11.3 Å². The van der Waals surface area contributed by atoms with Gasteiger partial charge in [0, 0.05) is 16.7 Å². The molecule has 0 aromatic carbocycles. The van der Waals surface area contributed by atoms with Gasteiger partial charge < -0.3 is 5.32 Å². The quantitative estimate of drug-likeness (QED) is 0.897. The van der Waals surface area contributed by atoms with Crippen molar-refractivity contribution in [3.63, 3.8) is 0 Å². The number of carbonyl (C=O) groups is 2. The van der Waals surface area contributed by atoms with Crippen LogP contribution in [0.25, 0.3) is 0 Å². The molecule has 3 aliphatic carbocycles. The number of rotatable bonds is 2. The van der Waals surface area contributed by atoms with Crippen LogP contribution < -0.4 is 5.32 Å². The Labute approximate surface area is 141 Å². The number of aryl methyl sites for hydroxylation is 2. The number of carbonyl (C=O) groups excluding carboxylic acids is 2. The van der Waals surface area contributed by atoms with E-state index in [9.17, 15) is 9.59 Å². The van der Waals surface area contributed by atoms with Gasteiger partial charge in [0.1, 0.15) is 5.78 Å². The summed E-state index contributed by atoms with van der Waals surface area (Å²) in [6.45, 7) is 6.23. The maximum Gasteiger partial charge on any atom is 0.233 e. The second kappa shape index (κ2) is 4.65. The van der Waals surface area contributed by atoms with Crippen molar-refractivity contribution in [3.05, 3.63) is 10.6 Å². The molecule has 4 rings (SSSR count). The molecule has 124 valence electrons. The van der Waals surface area contributed by atoms with Crippen molar-refractivity contribution in [2.24, 2.45) is 16.2 Å². The Morgan fingerprint density at radius 3 is 2.52 bits per heavy atom. The average Bonchev–Trinajstić information content (AvgIpc) is 3.04. The topological polar surface area (TPSA) is 59.1 Å². The minimum absolute atomic E-state index is 0.00294. The third-order valence-electron chi connectivity index (χ3n) is 7.21. The van der Waals surface area contributed by atoms with Gasteiger partial charge in [-0.2, -0.15) is 0 Å². The first-order valence-corrected chi connectivity index (χ1v) is 9.45. The lowest BCUT2D eigenvalue weighted by Gasteiger charge is -2.38.